The number of methoxy groups -OCH3 is 2. The number of rotatable bonds is 8. The number of hydrogen-bond donors (Lipinski definition) is 2. The zero-order chi connectivity index (χ0) is 20.1. The largest absolute Gasteiger partial charge is 0.493 e. The first kappa shape index (κ1) is 21.0. The molecular formula is C20H30N4O2S. The summed E-state index contributed by atoms with van der Waals surface area (Å²) in [6.07, 6.45) is 6.66. The van der Waals surface area contributed by atoms with Crippen LogP contribution in [0.2, 0.25) is 0 Å². The Kier molecular flexibility index (Phi) is 6.70. The molecular weight excluding hydrogens is 360 g/mol. The van der Waals surface area contributed by atoms with Gasteiger partial charge in [-0.05, 0) is 50.0 Å². The molecule has 0 bridgehead atoms. The lowest BCUT2D eigenvalue weighted by Crippen LogP contribution is -2.40. The van der Waals surface area contributed by atoms with E-state index in [1.165, 1.54) is 0 Å². The highest BCUT2D eigenvalue weighted by Gasteiger charge is 2.30. The number of aromatic nitrogens is 2. The van der Waals surface area contributed by atoms with Crippen molar-refractivity contribution < 1.29 is 9.47 Å². The van der Waals surface area contributed by atoms with Crippen molar-refractivity contribution in [3.63, 3.8) is 0 Å². The number of ether oxygens (including phenoxy) is 2. The quantitative estimate of drug-likeness (QED) is 0.664. The monoisotopic (exact) mass is 390 g/mol. The molecule has 0 saturated carbocycles. The fourth-order valence-corrected chi connectivity index (χ4v) is 3.54. The van der Waals surface area contributed by atoms with E-state index in [0.29, 0.717) is 16.6 Å². The molecule has 0 radical (unpaired) electrons. The van der Waals surface area contributed by atoms with Crippen molar-refractivity contribution in [2.24, 2.45) is 5.41 Å². The highest BCUT2D eigenvalue weighted by Crippen LogP contribution is 2.32. The predicted octanol–water partition coefficient (Wildman–Crippen LogP) is 4.04. The molecule has 0 aliphatic heterocycles. The van der Waals surface area contributed by atoms with E-state index in [4.69, 9.17) is 21.7 Å². The number of imidazole rings is 1. The predicted molar refractivity (Wildman–Crippen MR) is 114 cm³/mol. The molecule has 0 saturated heterocycles. The van der Waals surface area contributed by atoms with Crippen LogP contribution in [0.4, 0.5) is 5.69 Å². The molecule has 0 atom stereocenters. The maximum Gasteiger partial charge on any atom is 0.170 e. The topological polar surface area (TPSA) is 60.3 Å². The smallest absolute Gasteiger partial charge is 0.170 e. The summed E-state index contributed by atoms with van der Waals surface area (Å²) < 4.78 is 12.7. The van der Waals surface area contributed by atoms with E-state index in [2.05, 4.69) is 47.9 Å². The fraction of sp³-hybridized carbons (Fsp3) is 0.500. The minimum Gasteiger partial charge on any atom is -0.493 e. The molecule has 0 amide bonds. The summed E-state index contributed by atoms with van der Waals surface area (Å²) in [7, 11) is 3.23. The standard InChI is InChI=1S/C20H30N4O2S/c1-19(2,12-20(3,4)24-10-9-21-14-24)13-22-18(27)23-15-7-8-16(25-5)17(11-15)26-6/h7-11,14H,12-13H2,1-6H3,(H2,22,23,27). The van der Waals surface area contributed by atoms with Gasteiger partial charge in [-0.15, -0.1) is 0 Å². The average Bonchev–Trinajstić information content (AvgIpc) is 3.15. The Morgan fingerprint density at radius 2 is 1.85 bits per heavy atom. The van der Waals surface area contributed by atoms with Gasteiger partial charge in [0.2, 0.25) is 0 Å². The molecule has 1 aromatic carbocycles. The van der Waals surface area contributed by atoms with Gasteiger partial charge in [0.05, 0.1) is 20.5 Å². The molecule has 1 heterocycles. The zero-order valence-corrected chi connectivity index (χ0v) is 17.8. The van der Waals surface area contributed by atoms with Crippen LogP contribution in [-0.4, -0.2) is 35.4 Å². The Labute approximate surface area is 167 Å². The second-order valence-corrected chi connectivity index (χ2v) is 8.41. The molecule has 0 spiro atoms. The van der Waals surface area contributed by atoms with E-state index in [0.717, 1.165) is 18.7 Å². The van der Waals surface area contributed by atoms with Crippen molar-refractivity contribution >= 4 is 23.0 Å². The number of hydrogen-bond acceptors (Lipinski definition) is 4. The summed E-state index contributed by atoms with van der Waals surface area (Å²) in [5, 5.41) is 7.11. The summed E-state index contributed by atoms with van der Waals surface area (Å²) >= 11 is 5.46. The summed E-state index contributed by atoms with van der Waals surface area (Å²) in [6, 6.07) is 5.62. The first-order valence-corrected chi connectivity index (χ1v) is 9.33. The Morgan fingerprint density at radius 3 is 2.44 bits per heavy atom. The number of anilines is 1. The van der Waals surface area contributed by atoms with E-state index >= 15 is 0 Å². The number of nitrogens with zero attached hydrogens (tertiary/aromatic N) is 2. The van der Waals surface area contributed by atoms with Crippen LogP contribution in [0.5, 0.6) is 11.5 Å². The van der Waals surface area contributed by atoms with Crippen LogP contribution < -0.4 is 20.1 Å². The maximum absolute atomic E-state index is 5.46. The van der Waals surface area contributed by atoms with Gasteiger partial charge in [-0.1, -0.05) is 13.8 Å². The van der Waals surface area contributed by atoms with Gasteiger partial charge >= 0.3 is 0 Å². The van der Waals surface area contributed by atoms with E-state index < -0.39 is 0 Å². The van der Waals surface area contributed by atoms with E-state index in [1.807, 2.05) is 36.9 Å². The highest BCUT2D eigenvalue weighted by atomic mass is 32.1. The van der Waals surface area contributed by atoms with Gasteiger partial charge in [0, 0.05) is 36.2 Å². The molecule has 148 valence electrons. The molecule has 6 nitrogen and oxygen atoms in total. The van der Waals surface area contributed by atoms with Gasteiger partial charge in [0.1, 0.15) is 0 Å². The molecule has 0 unspecified atom stereocenters. The minimum absolute atomic E-state index is 0.0277. The van der Waals surface area contributed by atoms with Gasteiger partial charge in [-0.2, -0.15) is 0 Å². The molecule has 0 aliphatic carbocycles. The van der Waals surface area contributed by atoms with Gasteiger partial charge in [-0.3, -0.25) is 0 Å². The molecule has 7 heteroatoms. The van der Waals surface area contributed by atoms with Crippen molar-refractivity contribution in [1.29, 1.82) is 0 Å². The third-order valence-electron chi connectivity index (χ3n) is 4.48. The lowest BCUT2D eigenvalue weighted by Gasteiger charge is -2.36. The lowest BCUT2D eigenvalue weighted by molar-refractivity contribution is 0.198. The molecule has 2 N–H and O–H groups in total. The Morgan fingerprint density at radius 1 is 1.15 bits per heavy atom. The second-order valence-electron chi connectivity index (χ2n) is 8.00. The Bertz CT molecular complexity index is 757. The van der Waals surface area contributed by atoms with E-state index in [1.54, 1.807) is 14.2 Å². The van der Waals surface area contributed by atoms with E-state index in [-0.39, 0.29) is 11.0 Å². The van der Waals surface area contributed by atoms with Gasteiger partial charge in [0.15, 0.2) is 16.6 Å². The van der Waals surface area contributed by atoms with Crippen LogP contribution in [0.1, 0.15) is 34.1 Å². The summed E-state index contributed by atoms with van der Waals surface area (Å²) in [6.45, 7) is 9.66. The van der Waals surface area contributed by atoms with Crippen LogP contribution in [0, 0.1) is 5.41 Å². The number of thiocarbonyl (C=S) groups is 1. The van der Waals surface area contributed by atoms with Crippen molar-refractivity contribution in [2.45, 2.75) is 39.7 Å². The minimum atomic E-state index is -0.0277. The molecule has 27 heavy (non-hydrogen) atoms. The molecule has 0 fully saturated rings. The van der Waals surface area contributed by atoms with Crippen molar-refractivity contribution in [2.75, 3.05) is 26.1 Å². The zero-order valence-electron chi connectivity index (χ0n) is 17.0. The average molecular weight is 391 g/mol. The van der Waals surface area contributed by atoms with Crippen LogP contribution >= 0.6 is 12.2 Å². The lowest BCUT2D eigenvalue weighted by atomic mass is 9.80. The maximum atomic E-state index is 5.46. The first-order chi connectivity index (χ1) is 12.7. The van der Waals surface area contributed by atoms with Crippen LogP contribution in [0.3, 0.4) is 0 Å². The van der Waals surface area contributed by atoms with E-state index in [9.17, 15) is 0 Å². The SMILES string of the molecule is COc1ccc(NC(=S)NCC(C)(C)CC(C)(C)n2ccnc2)cc1OC. The molecule has 0 aliphatic rings. The molecule has 2 aromatic rings. The van der Waals surface area contributed by atoms with Crippen LogP contribution in [-0.2, 0) is 5.54 Å². The van der Waals surface area contributed by atoms with Crippen LogP contribution in [0.15, 0.2) is 36.9 Å². The van der Waals surface area contributed by atoms with Crippen LogP contribution in [0.25, 0.3) is 0 Å². The summed E-state index contributed by atoms with van der Waals surface area (Å²) in [4.78, 5) is 4.16. The number of nitrogens with one attached hydrogen (secondary N) is 2. The van der Waals surface area contributed by atoms with Crippen molar-refractivity contribution in [3.8, 4) is 11.5 Å². The van der Waals surface area contributed by atoms with Gasteiger partial charge in [-0.25, -0.2) is 4.98 Å². The Balaban J connectivity index is 1.92. The summed E-state index contributed by atoms with van der Waals surface area (Å²) in [5.74, 6) is 1.34. The highest BCUT2D eigenvalue weighted by molar-refractivity contribution is 7.80. The van der Waals surface area contributed by atoms with Gasteiger partial charge < -0.3 is 24.7 Å². The molecule has 2 rings (SSSR count). The third kappa shape index (κ3) is 5.85. The third-order valence-corrected chi connectivity index (χ3v) is 4.73. The summed E-state index contributed by atoms with van der Waals surface area (Å²) in [5.41, 5.74) is 0.860. The van der Waals surface area contributed by atoms with Crippen molar-refractivity contribution in [3.05, 3.63) is 36.9 Å². The molecule has 1 aromatic heterocycles. The second kappa shape index (κ2) is 8.61. The Hall–Kier alpha value is -2.28. The van der Waals surface area contributed by atoms with Gasteiger partial charge in [0.25, 0.3) is 0 Å². The normalized spacial score (nSPS) is 11.8. The van der Waals surface area contributed by atoms with Crippen molar-refractivity contribution in [1.82, 2.24) is 14.9 Å². The number of benzene rings is 1. The first-order valence-electron chi connectivity index (χ1n) is 8.92. The fourth-order valence-electron chi connectivity index (χ4n) is 3.35.